The Morgan fingerprint density at radius 1 is 1.16 bits per heavy atom. The van der Waals surface area contributed by atoms with Crippen LogP contribution in [0.25, 0.3) is 0 Å². The standard InChI is InChI=1S/C15H26N4/c1-4-19(3)13-12-18-15(16-2)17-11-10-14-8-6-5-7-9-14/h5-9H,4,10-13H2,1-3H3,(H2,16,17,18). The van der Waals surface area contributed by atoms with Crippen LogP contribution in [0.15, 0.2) is 35.3 Å². The molecule has 106 valence electrons. The Morgan fingerprint density at radius 3 is 2.47 bits per heavy atom. The summed E-state index contributed by atoms with van der Waals surface area (Å²) in [6.45, 7) is 6.06. The van der Waals surface area contributed by atoms with Crippen molar-refractivity contribution in [3.63, 3.8) is 0 Å². The Bertz CT molecular complexity index is 362. The van der Waals surface area contributed by atoms with E-state index in [1.807, 2.05) is 6.07 Å². The molecule has 1 aromatic rings. The number of benzene rings is 1. The Morgan fingerprint density at radius 2 is 1.84 bits per heavy atom. The topological polar surface area (TPSA) is 39.7 Å². The van der Waals surface area contributed by atoms with Gasteiger partial charge in [0.05, 0.1) is 0 Å². The van der Waals surface area contributed by atoms with Gasteiger partial charge in [-0.15, -0.1) is 0 Å². The van der Waals surface area contributed by atoms with E-state index in [1.165, 1.54) is 5.56 Å². The lowest BCUT2D eigenvalue weighted by Gasteiger charge is -2.16. The highest BCUT2D eigenvalue weighted by molar-refractivity contribution is 5.79. The van der Waals surface area contributed by atoms with Crippen LogP contribution in [0.1, 0.15) is 12.5 Å². The van der Waals surface area contributed by atoms with Crippen molar-refractivity contribution >= 4 is 5.96 Å². The van der Waals surface area contributed by atoms with Gasteiger partial charge in [-0.1, -0.05) is 37.3 Å². The second-order valence-corrected chi connectivity index (χ2v) is 4.56. The van der Waals surface area contributed by atoms with Gasteiger partial charge in [0, 0.05) is 26.7 Å². The maximum absolute atomic E-state index is 4.22. The average molecular weight is 262 g/mol. The Hall–Kier alpha value is -1.55. The molecule has 0 spiro atoms. The number of likely N-dealkylation sites (N-methyl/N-ethyl adjacent to an activating group) is 1. The average Bonchev–Trinajstić information content (AvgIpc) is 2.46. The molecular formula is C15H26N4. The normalized spacial score (nSPS) is 11.7. The zero-order chi connectivity index (χ0) is 13.9. The lowest BCUT2D eigenvalue weighted by Crippen LogP contribution is -2.41. The number of guanidine groups is 1. The van der Waals surface area contributed by atoms with Crippen LogP contribution in [-0.4, -0.2) is 51.1 Å². The summed E-state index contributed by atoms with van der Waals surface area (Å²) in [5.41, 5.74) is 1.34. The molecule has 0 heterocycles. The Kier molecular flexibility index (Phi) is 7.66. The summed E-state index contributed by atoms with van der Waals surface area (Å²) in [7, 11) is 3.93. The number of aliphatic imine (C=N–C) groups is 1. The molecule has 19 heavy (non-hydrogen) atoms. The third kappa shape index (κ3) is 6.82. The maximum atomic E-state index is 4.22. The third-order valence-electron chi connectivity index (χ3n) is 3.10. The minimum atomic E-state index is 0.875. The molecule has 0 amide bonds. The summed E-state index contributed by atoms with van der Waals surface area (Å²) in [6, 6.07) is 10.5. The lowest BCUT2D eigenvalue weighted by atomic mass is 10.1. The van der Waals surface area contributed by atoms with Crippen molar-refractivity contribution in [3.05, 3.63) is 35.9 Å². The quantitative estimate of drug-likeness (QED) is 0.575. The summed E-state index contributed by atoms with van der Waals surface area (Å²) in [4.78, 5) is 6.49. The molecule has 0 atom stereocenters. The van der Waals surface area contributed by atoms with Crippen LogP contribution in [0.2, 0.25) is 0 Å². The van der Waals surface area contributed by atoms with Crippen molar-refractivity contribution in [2.45, 2.75) is 13.3 Å². The first kappa shape index (κ1) is 15.5. The third-order valence-corrected chi connectivity index (χ3v) is 3.10. The summed E-state index contributed by atoms with van der Waals surface area (Å²) in [6.07, 6.45) is 1.01. The predicted octanol–water partition coefficient (Wildman–Crippen LogP) is 1.35. The van der Waals surface area contributed by atoms with Crippen LogP contribution in [0.4, 0.5) is 0 Å². The molecule has 0 radical (unpaired) electrons. The summed E-state index contributed by atoms with van der Waals surface area (Å²) >= 11 is 0. The molecule has 0 aliphatic carbocycles. The van der Waals surface area contributed by atoms with Crippen molar-refractivity contribution in [1.82, 2.24) is 15.5 Å². The number of hydrogen-bond donors (Lipinski definition) is 2. The van der Waals surface area contributed by atoms with Crippen molar-refractivity contribution < 1.29 is 0 Å². The van der Waals surface area contributed by atoms with Crippen molar-refractivity contribution in [1.29, 1.82) is 0 Å². The minimum absolute atomic E-state index is 0.875. The lowest BCUT2D eigenvalue weighted by molar-refractivity contribution is 0.357. The molecule has 2 N–H and O–H groups in total. The molecule has 0 saturated carbocycles. The smallest absolute Gasteiger partial charge is 0.191 e. The monoisotopic (exact) mass is 262 g/mol. The second-order valence-electron chi connectivity index (χ2n) is 4.56. The minimum Gasteiger partial charge on any atom is -0.356 e. The molecule has 0 saturated heterocycles. The van der Waals surface area contributed by atoms with E-state index >= 15 is 0 Å². The van der Waals surface area contributed by atoms with Crippen LogP contribution in [0, 0.1) is 0 Å². The molecule has 0 aromatic heterocycles. The zero-order valence-corrected chi connectivity index (χ0v) is 12.3. The van der Waals surface area contributed by atoms with Gasteiger partial charge in [0.15, 0.2) is 5.96 Å². The first-order valence-corrected chi connectivity index (χ1v) is 6.93. The van der Waals surface area contributed by atoms with Crippen LogP contribution in [-0.2, 0) is 6.42 Å². The number of hydrogen-bond acceptors (Lipinski definition) is 2. The van der Waals surface area contributed by atoms with E-state index < -0.39 is 0 Å². The number of rotatable bonds is 7. The first-order valence-electron chi connectivity index (χ1n) is 6.93. The Labute approximate surface area is 116 Å². The summed E-state index contributed by atoms with van der Waals surface area (Å²) in [5, 5.41) is 6.65. The summed E-state index contributed by atoms with van der Waals surface area (Å²) in [5.74, 6) is 0.875. The molecule has 1 rings (SSSR count). The van der Waals surface area contributed by atoms with Gasteiger partial charge in [0.2, 0.25) is 0 Å². The van der Waals surface area contributed by atoms with Crippen molar-refractivity contribution in [3.8, 4) is 0 Å². The van der Waals surface area contributed by atoms with E-state index in [2.05, 4.69) is 58.8 Å². The highest BCUT2D eigenvalue weighted by atomic mass is 15.2. The van der Waals surface area contributed by atoms with Gasteiger partial charge in [-0.25, -0.2) is 0 Å². The fourth-order valence-electron chi connectivity index (χ4n) is 1.71. The molecule has 0 unspecified atom stereocenters. The van der Waals surface area contributed by atoms with Crippen LogP contribution in [0.3, 0.4) is 0 Å². The van der Waals surface area contributed by atoms with E-state index in [0.717, 1.165) is 38.6 Å². The van der Waals surface area contributed by atoms with Gasteiger partial charge in [-0.2, -0.15) is 0 Å². The van der Waals surface area contributed by atoms with Gasteiger partial charge in [0.1, 0.15) is 0 Å². The van der Waals surface area contributed by atoms with E-state index in [-0.39, 0.29) is 0 Å². The van der Waals surface area contributed by atoms with Crippen LogP contribution >= 0.6 is 0 Å². The number of nitrogens with one attached hydrogen (secondary N) is 2. The van der Waals surface area contributed by atoms with Crippen molar-refractivity contribution in [2.24, 2.45) is 4.99 Å². The Balaban J connectivity index is 2.19. The molecule has 0 bridgehead atoms. The molecule has 0 aliphatic heterocycles. The predicted molar refractivity (Wildman–Crippen MR) is 82.7 cm³/mol. The maximum Gasteiger partial charge on any atom is 0.191 e. The van der Waals surface area contributed by atoms with Gasteiger partial charge in [-0.3, -0.25) is 4.99 Å². The van der Waals surface area contributed by atoms with Gasteiger partial charge in [0.25, 0.3) is 0 Å². The van der Waals surface area contributed by atoms with E-state index in [1.54, 1.807) is 7.05 Å². The van der Waals surface area contributed by atoms with Gasteiger partial charge < -0.3 is 15.5 Å². The molecule has 4 heteroatoms. The molecular weight excluding hydrogens is 236 g/mol. The van der Waals surface area contributed by atoms with Crippen molar-refractivity contribution in [2.75, 3.05) is 40.3 Å². The van der Waals surface area contributed by atoms with E-state index in [4.69, 9.17) is 0 Å². The molecule has 0 aliphatic rings. The largest absolute Gasteiger partial charge is 0.356 e. The fraction of sp³-hybridized carbons (Fsp3) is 0.533. The van der Waals surface area contributed by atoms with E-state index in [0.29, 0.717) is 0 Å². The van der Waals surface area contributed by atoms with Gasteiger partial charge >= 0.3 is 0 Å². The summed E-state index contributed by atoms with van der Waals surface area (Å²) < 4.78 is 0. The van der Waals surface area contributed by atoms with Gasteiger partial charge in [-0.05, 0) is 25.6 Å². The van der Waals surface area contributed by atoms with E-state index in [9.17, 15) is 0 Å². The molecule has 1 aromatic carbocycles. The SMILES string of the molecule is CCN(C)CCNC(=NC)NCCc1ccccc1. The highest BCUT2D eigenvalue weighted by Crippen LogP contribution is 1.97. The first-order chi connectivity index (χ1) is 9.26. The zero-order valence-electron chi connectivity index (χ0n) is 12.3. The second kappa shape index (κ2) is 9.39. The fourth-order valence-corrected chi connectivity index (χ4v) is 1.71. The highest BCUT2D eigenvalue weighted by Gasteiger charge is 1.98. The number of nitrogens with zero attached hydrogens (tertiary/aromatic N) is 2. The molecule has 0 fully saturated rings. The molecule has 4 nitrogen and oxygen atoms in total. The van der Waals surface area contributed by atoms with Crippen LogP contribution in [0.5, 0.6) is 0 Å². The van der Waals surface area contributed by atoms with Crippen LogP contribution < -0.4 is 10.6 Å².